The molecule has 1 aromatic heterocycles. The van der Waals surface area contributed by atoms with Gasteiger partial charge in [-0.15, -0.1) is 0 Å². The quantitative estimate of drug-likeness (QED) is 0.773. The van der Waals surface area contributed by atoms with E-state index in [1.807, 2.05) is 4.57 Å². The summed E-state index contributed by atoms with van der Waals surface area (Å²) < 4.78 is 2.03. The van der Waals surface area contributed by atoms with E-state index in [2.05, 4.69) is 4.98 Å². The first-order valence-electron chi connectivity index (χ1n) is 5.10. The molecular weight excluding hydrogens is 178 g/mol. The highest BCUT2D eigenvalue weighted by atomic mass is 16.1. The van der Waals surface area contributed by atoms with Crippen LogP contribution in [0.2, 0.25) is 0 Å². The molecule has 4 heteroatoms. The minimum Gasteiger partial charge on any atom is -0.364 e. The predicted molar refractivity (Wildman–Crippen MR) is 52.9 cm³/mol. The molecule has 1 amide bonds. The largest absolute Gasteiger partial charge is 0.364 e. The summed E-state index contributed by atoms with van der Waals surface area (Å²) in [6.07, 6.45) is 9.73. The Bertz CT molecular complexity index is 326. The second-order valence-corrected chi connectivity index (χ2v) is 3.86. The number of carbonyl (C=O) groups excluding carboxylic acids is 1. The molecular formula is C10H15N3O. The van der Waals surface area contributed by atoms with Crippen LogP contribution >= 0.6 is 0 Å². The van der Waals surface area contributed by atoms with Crippen LogP contribution < -0.4 is 5.73 Å². The zero-order valence-electron chi connectivity index (χ0n) is 8.15. The number of nitrogens with zero attached hydrogens (tertiary/aromatic N) is 2. The van der Waals surface area contributed by atoms with E-state index >= 15 is 0 Å². The Morgan fingerprint density at radius 3 is 2.71 bits per heavy atom. The number of hydrogen-bond acceptors (Lipinski definition) is 2. The Morgan fingerprint density at radius 2 is 2.14 bits per heavy atom. The van der Waals surface area contributed by atoms with Crippen molar-refractivity contribution >= 4 is 5.91 Å². The average Bonchev–Trinajstić information content (AvgIpc) is 2.68. The first kappa shape index (κ1) is 9.24. The van der Waals surface area contributed by atoms with Crippen molar-refractivity contribution in [2.75, 3.05) is 0 Å². The van der Waals surface area contributed by atoms with Crippen molar-refractivity contribution in [1.82, 2.24) is 9.55 Å². The number of rotatable bonds is 2. The molecule has 1 aliphatic rings. The normalized spacial score (nSPS) is 18.3. The smallest absolute Gasteiger partial charge is 0.268 e. The molecule has 76 valence electrons. The van der Waals surface area contributed by atoms with Crippen LogP contribution in [0.5, 0.6) is 0 Å². The van der Waals surface area contributed by atoms with Crippen molar-refractivity contribution in [3.63, 3.8) is 0 Å². The van der Waals surface area contributed by atoms with Gasteiger partial charge in [-0.05, 0) is 12.8 Å². The van der Waals surface area contributed by atoms with E-state index in [4.69, 9.17) is 5.73 Å². The van der Waals surface area contributed by atoms with E-state index in [1.54, 1.807) is 12.5 Å². The van der Waals surface area contributed by atoms with Gasteiger partial charge in [0.25, 0.3) is 5.91 Å². The molecule has 1 saturated carbocycles. The lowest BCUT2D eigenvalue weighted by Crippen LogP contribution is -2.13. The van der Waals surface area contributed by atoms with E-state index < -0.39 is 5.91 Å². The summed E-state index contributed by atoms with van der Waals surface area (Å²) in [5.74, 6) is -0.445. The van der Waals surface area contributed by atoms with Gasteiger partial charge >= 0.3 is 0 Å². The molecule has 1 fully saturated rings. The van der Waals surface area contributed by atoms with Crippen molar-refractivity contribution in [3.8, 4) is 0 Å². The Labute approximate surface area is 83.1 Å². The highest BCUT2D eigenvalue weighted by molar-refractivity contribution is 5.90. The van der Waals surface area contributed by atoms with E-state index in [-0.39, 0.29) is 0 Å². The van der Waals surface area contributed by atoms with Crippen LogP contribution in [0.15, 0.2) is 12.5 Å². The Kier molecular flexibility index (Phi) is 2.52. The lowest BCUT2D eigenvalue weighted by atomic mass is 9.95. The third-order valence-electron chi connectivity index (χ3n) is 2.85. The fourth-order valence-corrected chi connectivity index (χ4v) is 2.04. The standard InChI is InChI=1S/C10H15N3O/c11-10(14)9-6-13(7-12-9)8-4-2-1-3-5-8/h6-8H,1-5H2,(H2,11,14). The topological polar surface area (TPSA) is 60.9 Å². The Morgan fingerprint density at radius 1 is 1.43 bits per heavy atom. The monoisotopic (exact) mass is 193 g/mol. The molecule has 1 aliphatic carbocycles. The highest BCUT2D eigenvalue weighted by Crippen LogP contribution is 2.27. The van der Waals surface area contributed by atoms with E-state index in [1.165, 1.54) is 32.1 Å². The van der Waals surface area contributed by atoms with Crippen LogP contribution in [-0.2, 0) is 0 Å². The maximum atomic E-state index is 10.8. The van der Waals surface area contributed by atoms with Crippen LogP contribution in [0.1, 0.15) is 48.6 Å². The maximum absolute atomic E-state index is 10.8. The molecule has 4 nitrogen and oxygen atoms in total. The number of carbonyl (C=O) groups is 1. The molecule has 2 rings (SSSR count). The summed E-state index contributed by atoms with van der Waals surface area (Å²) in [6, 6.07) is 0.518. The van der Waals surface area contributed by atoms with E-state index in [0.29, 0.717) is 11.7 Å². The molecule has 0 atom stereocenters. The van der Waals surface area contributed by atoms with Gasteiger partial charge in [-0.2, -0.15) is 0 Å². The summed E-state index contributed by atoms with van der Waals surface area (Å²) in [5, 5.41) is 0. The number of nitrogens with two attached hydrogens (primary N) is 1. The van der Waals surface area contributed by atoms with E-state index in [9.17, 15) is 4.79 Å². The first-order valence-corrected chi connectivity index (χ1v) is 5.10. The van der Waals surface area contributed by atoms with Gasteiger partial charge in [0.2, 0.25) is 0 Å². The zero-order valence-corrected chi connectivity index (χ0v) is 8.15. The van der Waals surface area contributed by atoms with Crippen molar-refractivity contribution in [1.29, 1.82) is 0 Å². The molecule has 0 saturated heterocycles. The van der Waals surface area contributed by atoms with Crippen LogP contribution in [0.3, 0.4) is 0 Å². The average molecular weight is 193 g/mol. The van der Waals surface area contributed by atoms with Gasteiger partial charge in [-0.3, -0.25) is 4.79 Å². The van der Waals surface area contributed by atoms with Crippen molar-refractivity contribution in [2.24, 2.45) is 5.73 Å². The number of primary amides is 1. The van der Waals surface area contributed by atoms with Gasteiger partial charge in [-0.25, -0.2) is 4.98 Å². The molecule has 0 aromatic carbocycles. The molecule has 0 radical (unpaired) electrons. The molecule has 1 aromatic rings. The number of aromatic nitrogens is 2. The summed E-state index contributed by atoms with van der Waals surface area (Å²) >= 11 is 0. The maximum Gasteiger partial charge on any atom is 0.268 e. The number of imidazole rings is 1. The molecule has 0 unspecified atom stereocenters. The van der Waals surface area contributed by atoms with Gasteiger partial charge in [0.05, 0.1) is 6.33 Å². The summed E-state index contributed by atoms with van der Waals surface area (Å²) in [5.41, 5.74) is 5.51. The third-order valence-corrected chi connectivity index (χ3v) is 2.85. The minimum atomic E-state index is -0.445. The summed E-state index contributed by atoms with van der Waals surface area (Å²) in [4.78, 5) is 14.8. The zero-order chi connectivity index (χ0) is 9.97. The first-order chi connectivity index (χ1) is 6.77. The number of amides is 1. The van der Waals surface area contributed by atoms with Crippen LogP contribution in [-0.4, -0.2) is 15.5 Å². The van der Waals surface area contributed by atoms with E-state index in [0.717, 1.165) is 0 Å². The summed E-state index contributed by atoms with van der Waals surface area (Å²) in [6.45, 7) is 0. The third kappa shape index (κ3) is 1.78. The van der Waals surface area contributed by atoms with Crippen molar-refractivity contribution in [3.05, 3.63) is 18.2 Å². The second-order valence-electron chi connectivity index (χ2n) is 3.86. The summed E-state index contributed by atoms with van der Waals surface area (Å²) in [7, 11) is 0. The predicted octanol–water partition coefficient (Wildman–Crippen LogP) is 1.49. The molecule has 2 N–H and O–H groups in total. The fourth-order valence-electron chi connectivity index (χ4n) is 2.04. The highest BCUT2D eigenvalue weighted by Gasteiger charge is 2.16. The van der Waals surface area contributed by atoms with Gasteiger partial charge in [0, 0.05) is 12.2 Å². The lowest BCUT2D eigenvalue weighted by Gasteiger charge is -2.22. The van der Waals surface area contributed by atoms with Crippen molar-refractivity contribution in [2.45, 2.75) is 38.1 Å². The lowest BCUT2D eigenvalue weighted by molar-refractivity contribution is 0.0996. The molecule has 0 spiro atoms. The fraction of sp³-hybridized carbons (Fsp3) is 0.600. The van der Waals surface area contributed by atoms with Crippen LogP contribution in [0, 0.1) is 0 Å². The van der Waals surface area contributed by atoms with Crippen LogP contribution in [0.25, 0.3) is 0 Å². The molecule has 1 heterocycles. The molecule has 14 heavy (non-hydrogen) atoms. The van der Waals surface area contributed by atoms with Gasteiger partial charge < -0.3 is 10.3 Å². The Balaban J connectivity index is 2.11. The van der Waals surface area contributed by atoms with Crippen molar-refractivity contribution < 1.29 is 4.79 Å². The van der Waals surface area contributed by atoms with Crippen LogP contribution in [0.4, 0.5) is 0 Å². The molecule has 0 bridgehead atoms. The Hall–Kier alpha value is -1.32. The SMILES string of the molecule is NC(=O)c1cn(C2CCCCC2)cn1. The van der Waals surface area contributed by atoms with Gasteiger partial charge in [0.15, 0.2) is 0 Å². The van der Waals surface area contributed by atoms with Gasteiger partial charge in [0.1, 0.15) is 5.69 Å². The number of hydrogen-bond donors (Lipinski definition) is 1. The minimum absolute atomic E-state index is 0.371. The second kappa shape index (κ2) is 3.82. The van der Waals surface area contributed by atoms with Gasteiger partial charge in [-0.1, -0.05) is 19.3 Å². The molecule has 0 aliphatic heterocycles.